The van der Waals surface area contributed by atoms with Crippen LogP contribution >= 0.6 is 0 Å². The smallest absolute Gasteiger partial charge is 0.465 e. The Bertz CT molecular complexity index is 1060. The van der Waals surface area contributed by atoms with Gasteiger partial charge in [0.2, 0.25) is 0 Å². The zero-order valence-corrected chi connectivity index (χ0v) is 24.8. The topological polar surface area (TPSA) is 77.5 Å². The molecule has 1 aliphatic carbocycles. The Morgan fingerprint density at radius 2 is 1.66 bits per heavy atom. The molecule has 2 aliphatic heterocycles. The zero-order valence-electron chi connectivity index (χ0n) is 24.8. The molecule has 1 amide bonds. The van der Waals surface area contributed by atoms with E-state index < -0.39 is 12.7 Å². The van der Waals surface area contributed by atoms with Gasteiger partial charge in [-0.3, -0.25) is 0 Å². The first-order valence-corrected chi connectivity index (χ1v) is 14.0. The van der Waals surface area contributed by atoms with Crippen LogP contribution in [0.5, 0.6) is 0 Å². The largest absolute Gasteiger partial charge is 0.494 e. The van der Waals surface area contributed by atoms with E-state index in [9.17, 15) is 9.59 Å². The number of hydrogen-bond acceptors (Lipinski definition) is 7. The van der Waals surface area contributed by atoms with Gasteiger partial charge in [0, 0.05) is 31.4 Å². The molecule has 8 nitrogen and oxygen atoms in total. The Hall–Kier alpha value is -2.26. The van der Waals surface area contributed by atoms with Crippen LogP contribution in [0.4, 0.5) is 10.5 Å². The van der Waals surface area contributed by atoms with Gasteiger partial charge in [0.1, 0.15) is 5.60 Å². The third-order valence-corrected chi connectivity index (χ3v) is 9.46. The van der Waals surface area contributed by atoms with Crippen LogP contribution in [-0.2, 0) is 18.8 Å². The molecule has 210 valence electrons. The molecule has 0 aromatic heterocycles. The fourth-order valence-electron chi connectivity index (χ4n) is 6.60. The van der Waals surface area contributed by atoms with Crippen LogP contribution in [0.1, 0.15) is 84.2 Å². The lowest BCUT2D eigenvalue weighted by Gasteiger charge is -2.60. The molecule has 38 heavy (non-hydrogen) atoms. The molecule has 3 fully saturated rings. The second-order valence-electron chi connectivity index (χ2n) is 12.5. The van der Waals surface area contributed by atoms with Gasteiger partial charge in [-0.1, -0.05) is 13.8 Å². The summed E-state index contributed by atoms with van der Waals surface area (Å²) in [6, 6.07) is 4.19. The minimum absolute atomic E-state index is 0.217. The van der Waals surface area contributed by atoms with Crippen molar-refractivity contribution in [2.75, 3.05) is 31.6 Å². The van der Waals surface area contributed by atoms with Gasteiger partial charge in [-0.25, -0.2) is 9.59 Å². The molecule has 0 bridgehead atoms. The average Bonchev–Trinajstić information content (AvgIpc) is 3.12. The van der Waals surface area contributed by atoms with Gasteiger partial charge in [0.05, 0.1) is 23.9 Å². The maximum atomic E-state index is 12.9. The minimum Gasteiger partial charge on any atom is -0.465 e. The maximum Gasteiger partial charge on any atom is 0.494 e. The number of carbonyl (C=O) groups excluding carboxylic acids is 2. The maximum absolute atomic E-state index is 12.9. The Kier molecular flexibility index (Phi) is 7.60. The summed E-state index contributed by atoms with van der Waals surface area (Å²) in [6.45, 7) is 20.4. The van der Waals surface area contributed by atoms with Crippen LogP contribution < -0.4 is 10.4 Å². The second-order valence-corrected chi connectivity index (χ2v) is 12.5. The van der Waals surface area contributed by atoms with E-state index in [1.165, 1.54) is 7.11 Å². The number of fused-ring (bicyclic) bond motifs is 1. The quantitative estimate of drug-likeness (QED) is 0.410. The summed E-state index contributed by atoms with van der Waals surface area (Å²) in [5.74, 6) is 0.358. The SMILES string of the molecule is CCN(c1cc(B2OC3(C)C(C)[C@H](C)C3(C)O2)cc(C(=O)OC)c1C)C1CCN(C(=O)OC(C)(C)C)CC1. The number of anilines is 1. The molecule has 4 atom stereocenters. The van der Waals surface area contributed by atoms with Gasteiger partial charge in [-0.15, -0.1) is 0 Å². The number of amides is 1. The first kappa shape index (κ1) is 28.7. The molecule has 9 heteroatoms. The molecule has 0 radical (unpaired) electrons. The van der Waals surface area contributed by atoms with Gasteiger partial charge in [0.15, 0.2) is 0 Å². The number of methoxy groups -OCH3 is 1. The van der Waals surface area contributed by atoms with E-state index in [0.717, 1.165) is 36.1 Å². The number of likely N-dealkylation sites (tertiary alicyclic amines) is 1. The molecule has 1 aromatic carbocycles. The Morgan fingerprint density at radius 1 is 1.11 bits per heavy atom. The third-order valence-electron chi connectivity index (χ3n) is 9.46. The van der Waals surface area contributed by atoms with E-state index in [-0.39, 0.29) is 29.3 Å². The number of rotatable bonds is 5. The van der Waals surface area contributed by atoms with E-state index in [2.05, 4.69) is 45.6 Å². The van der Waals surface area contributed by atoms with Gasteiger partial charge in [0.25, 0.3) is 0 Å². The van der Waals surface area contributed by atoms with Crippen LogP contribution in [-0.4, -0.2) is 73.7 Å². The Labute approximate surface area is 228 Å². The lowest BCUT2D eigenvalue weighted by molar-refractivity contribution is -0.202. The first-order valence-electron chi connectivity index (χ1n) is 14.0. The standard InChI is InChI=1S/C29H45BN2O6/c1-11-32(22-12-14-31(15-13-22)26(34)36-27(5,6)7)24-17-21(16-23(18(24)2)25(33)35-10)30-37-28(8)19(3)20(4)29(28,9)38-30/h16-17,19-20,22H,11-15H2,1-10H3/t19-,20?,28?,29?/m0/s1. The van der Waals surface area contributed by atoms with Crippen molar-refractivity contribution in [2.45, 2.75) is 98.0 Å². The normalized spacial score (nSPS) is 29.5. The summed E-state index contributed by atoms with van der Waals surface area (Å²) in [5, 5.41) is 0. The molecule has 1 aromatic rings. The fourth-order valence-corrected chi connectivity index (χ4v) is 6.60. The van der Waals surface area contributed by atoms with Crippen molar-refractivity contribution >= 4 is 30.3 Å². The molecular weight excluding hydrogens is 483 g/mol. The van der Waals surface area contributed by atoms with Crippen LogP contribution in [0.25, 0.3) is 0 Å². The highest BCUT2D eigenvalue weighted by Crippen LogP contribution is 2.60. The molecule has 1 saturated carbocycles. The zero-order chi connectivity index (χ0) is 28.2. The first-order chi connectivity index (χ1) is 17.7. The Balaban J connectivity index is 1.62. The molecule has 0 spiro atoms. The lowest BCUT2D eigenvalue weighted by atomic mass is 9.53. The fraction of sp³-hybridized carbons (Fsp3) is 0.724. The van der Waals surface area contributed by atoms with E-state index >= 15 is 0 Å². The van der Waals surface area contributed by atoms with Crippen molar-refractivity contribution in [1.82, 2.24) is 4.90 Å². The molecule has 4 rings (SSSR count). The molecule has 3 unspecified atom stereocenters. The van der Waals surface area contributed by atoms with Gasteiger partial charge in [-0.05, 0) is 96.3 Å². The molecule has 3 aliphatic rings. The predicted octanol–water partition coefficient (Wildman–Crippen LogP) is 4.55. The summed E-state index contributed by atoms with van der Waals surface area (Å²) in [4.78, 5) is 29.6. The van der Waals surface area contributed by atoms with Crippen molar-refractivity contribution in [3.8, 4) is 0 Å². The highest BCUT2D eigenvalue weighted by molar-refractivity contribution is 6.62. The van der Waals surface area contributed by atoms with Crippen molar-refractivity contribution in [2.24, 2.45) is 11.8 Å². The number of hydrogen-bond donors (Lipinski definition) is 0. The van der Waals surface area contributed by atoms with Crippen molar-refractivity contribution in [1.29, 1.82) is 0 Å². The van der Waals surface area contributed by atoms with Crippen LogP contribution in [0.15, 0.2) is 12.1 Å². The Morgan fingerprint density at radius 3 is 2.13 bits per heavy atom. The minimum atomic E-state index is -0.562. The lowest BCUT2D eigenvalue weighted by Crippen LogP contribution is -2.69. The molecular formula is C29H45BN2O6. The van der Waals surface area contributed by atoms with Crippen molar-refractivity contribution in [3.63, 3.8) is 0 Å². The number of piperidine rings is 1. The van der Waals surface area contributed by atoms with Crippen LogP contribution in [0, 0.1) is 18.8 Å². The van der Waals surface area contributed by atoms with E-state index in [0.29, 0.717) is 30.5 Å². The highest BCUT2D eigenvalue weighted by Gasteiger charge is 2.71. The monoisotopic (exact) mass is 528 g/mol. The number of carbonyl (C=O) groups is 2. The highest BCUT2D eigenvalue weighted by atomic mass is 16.7. The van der Waals surface area contributed by atoms with Crippen LogP contribution in [0.2, 0.25) is 0 Å². The molecule has 2 heterocycles. The van der Waals surface area contributed by atoms with Crippen LogP contribution in [0.3, 0.4) is 0 Å². The van der Waals surface area contributed by atoms with Gasteiger partial charge < -0.3 is 28.6 Å². The van der Waals surface area contributed by atoms with Gasteiger partial charge in [-0.2, -0.15) is 0 Å². The second kappa shape index (κ2) is 10.0. The van der Waals surface area contributed by atoms with Gasteiger partial charge >= 0.3 is 19.2 Å². The van der Waals surface area contributed by atoms with Crippen molar-refractivity contribution < 1.29 is 28.4 Å². The number of ether oxygens (including phenoxy) is 2. The van der Waals surface area contributed by atoms with E-state index in [1.54, 1.807) is 4.90 Å². The summed E-state index contributed by atoms with van der Waals surface area (Å²) in [7, 11) is 0.847. The molecule has 0 N–H and O–H groups in total. The number of nitrogens with zero attached hydrogens (tertiary/aromatic N) is 2. The summed E-state index contributed by atoms with van der Waals surface area (Å²) >= 11 is 0. The van der Waals surface area contributed by atoms with Crippen molar-refractivity contribution in [3.05, 3.63) is 23.3 Å². The van der Waals surface area contributed by atoms with E-state index in [1.807, 2.05) is 33.8 Å². The summed E-state index contributed by atoms with van der Waals surface area (Å²) < 4.78 is 23.9. The predicted molar refractivity (Wildman–Crippen MR) is 149 cm³/mol. The number of esters is 1. The third kappa shape index (κ3) is 4.70. The summed E-state index contributed by atoms with van der Waals surface area (Å²) in [6.07, 6.45) is 1.36. The molecule has 2 saturated heterocycles. The average molecular weight is 528 g/mol. The summed E-state index contributed by atoms with van der Waals surface area (Å²) in [5.41, 5.74) is 1.91. The van der Waals surface area contributed by atoms with E-state index in [4.69, 9.17) is 18.8 Å². The number of benzene rings is 1.